The molecule has 4 aromatic rings. The molecule has 0 radical (unpaired) electrons. The van der Waals surface area contributed by atoms with Gasteiger partial charge in [-0.15, -0.1) is 0 Å². The largest absolute Gasteiger partial charge is 0.497 e. The van der Waals surface area contributed by atoms with Gasteiger partial charge in [0.15, 0.2) is 4.80 Å². The molecule has 1 atom stereocenters. The van der Waals surface area contributed by atoms with Crippen LogP contribution >= 0.6 is 27.3 Å². The van der Waals surface area contributed by atoms with E-state index in [4.69, 9.17) is 19.2 Å². The molecular weight excluding hydrogens is 580 g/mol. The monoisotopic (exact) mass is 604 g/mol. The maximum atomic E-state index is 14.0. The molecule has 0 fully saturated rings. The van der Waals surface area contributed by atoms with Crippen LogP contribution in [0.15, 0.2) is 92.6 Å². The second-order valence-corrected chi connectivity index (χ2v) is 10.5. The molecule has 0 spiro atoms. The van der Waals surface area contributed by atoms with Gasteiger partial charge in [-0.25, -0.2) is 9.79 Å². The Hall–Kier alpha value is -3.95. The molecule has 5 rings (SSSR count). The first-order chi connectivity index (χ1) is 18.9. The van der Waals surface area contributed by atoms with Gasteiger partial charge < -0.3 is 14.2 Å². The van der Waals surface area contributed by atoms with Crippen LogP contribution in [0, 0.1) is 0 Å². The molecule has 1 aromatic heterocycles. The van der Waals surface area contributed by atoms with Gasteiger partial charge in [0.2, 0.25) is 0 Å². The number of aromatic nitrogens is 1. The summed E-state index contributed by atoms with van der Waals surface area (Å²) in [6, 6.07) is 21.6. The van der Waals surface area contributed by atoms with Gasteiger partial charge in [-0.3, -0.25) is 9.36 Å². The molecule has 39 heavy (non-hydrogen) atoms. The van der Waals surface area contributed by atoms with Crippen LogP contribution in [0.4, 0.5) is 0 Å². The van der Waals surface area contributed by atoms with Gasteiger partial charge in [0.05, 0.1) is 47.1 Å². The fourth-order valence-electron chi connectivity index (χ4n) is 4.49. The first-order valence-electron chi connectivity index (χ1n) is 12.2. The van der Waals surface area contributed by atoms with Crippen LogP contribution in [-0.2, 0) is 9.53 Å². The number of benzene rings is 3. The normalized spacial score (nSPS) is 15.0. The summed E-state index contributed by atoms with van der Waals surface area (Å²) in [7, 11) is 3.18. The van der Waals surface area contributed by atoms with Gasteiger partial charge in [-0.1, -0.05) is 59.9 Å². The molecule has 0 amide bonds. The maximum absolute atomic E-state index is 14.0. The summed E-state index contributed by atoms with van der Waals surface area (Å²) in [5.74, 6) is 0.777. The molecule has 9 heteroatoms. The van der Waals surface area contributed by atoms with Crippen LogP contribution in [0.25, 0.3) is 11.8 Å². The second-order valence-electron chi connectivity index (χ2n) is 8.60. The van der Waals surface area contributed by atoms with Crippen molar-refractivity contribution in [3.63, 3.8) is 0 Å². The van der Waals surface area contributed by atoms with E-state index in [1.807, 2.05) is 78.9 Å². The zero-order chi connectivity index (χ0) is 27.5. The Balaban J connectivity index is 1.81. The summed E-state index contributed by atoms with van der Waals surface area (Å²) in [5, 5.41) is 0. The van der Waals surface area contributed by atoms with Gasteiger partial charge in [-0.05, 0) is 64.3 Å². The predicted molar refractivity (Wildman–Crippen MR) is 155 cm³/mol. The van der Waals surface area contributed by atoms with E-state index in [1.54, 1.807) is 25.7 Å². The molecule has 0 N–H and O–H groups in total. The first kappa shape index (κ1) is 26.6. The third-order valence-corrected chi connectivity index (χ3v) is 7.86. The summed E-state index contributed by atoms with van der Waals surface area (Å²) in [5.41, 5.74) is 2.79. The average molecular weight is 606 g/mol. The molecule has 0 unspecified atom stereocenters. The number of carbonyl (C=O) groups is 1. The highest BCUT2D eigenvalue weighted by atomic mass is 79.9. The van der Waals surface area contributed by atoms with Crippen molar-refractivity contribution in [2.75, 3.05) is 20.8 Å². The predicted octanol–water partition coefficient (Wildman–Crippen LogP) is 4.72. The summed E-state index contributed by atoms with van der Waals surface area (Å²) in [6.07, 6.45) is 1.81. The molecule has 1 aliphatic heterocycles. The molecule has 2 heterocycles. The Morgan fingerprint density at radius 3 is 2.54 bits per heavy atom. The standard InChI is InChI=1S/C30H25BrN2O5S/c1-4-38-29(35)25-26(19-9-6-5-7-10-19)32-30-33(27(25)20-11-8-12-21(17-20)36-2)28(34)24(39-30)16-18-13-14-23(37-3)22(31)15-18/h5-17,27H,4H2,1-3H3/b24-16-/t27-/m1/s1. The lowest BCUT2D eigenvalue weighted by Crippen LogP contribution is -2.40. The number of hydrogen-bond donors (Lipinski definition) is 0. The van der Waals surface area contributed by atoms with Gasteiger partial charge >= 0.3 is 5.97 Å². The van der Waals surface area contributed by atoms with Crippen molar-refractivity contribution in [2.45, 2.75) is 13.0 Å². The number of fused-ring (bicyclic) bond motifs is 1. The van der Waals surface area contributed by atoms with Crippen LogP contribution in [-0.4, -0.2) is 31.4 Å². The van der Waals surface area contributed by atoms with Crippen LogP contribution < -0.4 is 24.4 Å². The Morgan fingerprint density at radius 1 is 1.05 bits per heavy atom. The summed E-state index contributed by atoms with van der Waals surface area (Å²) < 4.78 is 19.1. The van der Waals surface area contributed by atoms with Crippen molar-refractivity contribution >= 4 is 45.0 Å². The first-order valence-corrected chi connectivity index (χ1v) is 13.8. The van der Waals surface area contributed by atoms with Crippen molar-refractivity contribution < 1.29 is 19.0 Å². The van der Waals surface area contributed by atoms with E-state index in [0.29, 0.717) is 37.7 Å². The van der Waals surface area contributed by atoms with Gasteiger partial charge in [0, 0.05) is 5.56 Å². The zero-order valence-corrected chi connectivity index (χ0v) is 23.9. The summed E-state index contributed by atoms with van der Waals surface area (Å²) in [6.45, 7) is 1.94. The maximum Gasteiger partial charge on any atom is 0.338 e. The van der Waals surface area contributed by atoms with E-state index in [1.165, 1.54) is 11.3 Å². The zero-order valence-electron chi connectivity index (χ0n) is 21.5. The van der Waals surface area contributed by atoms with Crippen molar-refractivity contribution in [3.8, 4) is 11.5 Å². The fraction of sp³-hybridized carbons (Fsp3) is 0.167. The second kappa shape index (κ2) is 11.4. The Labute approximate surface area is 237 Å². The van der Waals surface area contributed by atoms with Gasteiger partial charge in [-0.2, -0.15) is 0 Å². The third-order valence-electron chi connectivity index (χ3n) is 6.26. The van der Waals surface area contributed by atoms with E-state index < -0.39 is 12.0 Å². The SMILES string of the molecule is CCOC(=O)C1=C(c2ccccc2)N=c2s/c(=C\c3ccc(OC)c(Br)c3)c(=O)n2[C@@H]1c1cccc(OC)c1. The van der Waals surface area contributed by atoms with Gasteiger partial charge in [0.1, 0.15) is 11.5 Å². The summed E-state index contributed by atoms with van der Waals surface area (Å²) >= 11 is 4.78. The topological polar surface area (TPSA) is 79.1 Å². The average Bonchev–Trinajstić information content (AvgIpc) is 3.27. The van der Waals surface area contributed by atoms with Crippen LogP contribution in [0.1, 0.15) is 29.7 Å². The van der Waals surface area contributed by atoms with Crippen molar-refractivity contribution in [1.29, 1.82) is 0 Å². The van der Waals surface area contributed by atoms with Crippen molar-refractivity contribution in [2.24, 2.45) is 4.99 Å². The minimum Gasteiger partial charge on any atom is -0.497 e. The van der Waals surface area contributed by atoms with E-state index in [9.17, 15) is 9.59 Å². The number of thiazole rings is 1. The minimum absolute atomic E-state index is 0.187. The van der Waals surface area contributed by atoms with Crippen molar-refractivity contribution in [3.05, 3.63) is 119 Å². The lowest BCUT2D eigenvalue weighted by Gasteiger charge is -2.26. The van der Waals surface area contributed by atoms with E-state index >= 15 is 0 Å². The van der Waals surface area contributed by atoms with Crippen molar-refractivity contribution in [1.82, 2.24) is 4.57 Å². The molecule has 3 aromatic carbocycles. The number of carbonyl (C=O) groups excluding carboxylic acids is 1. The van der Waals surface area contributed by atoms with E-state index in [-0.39, 0.29) is 12.2 Å². The number of hydrogen-bond acceptors (Lipinski definition) is 7. The number of rotatable bonds is 7. The van der Waals surface area contributed by atoms with E-state index in [0.717, 1.165) is 15.6 Å². The number of halogens is 1. The third kappa shape index (κ3) is 5.20. The highest BCUT2D eigenvalue weighted by Gasteiger charge is 2.35. The van der Waals surface area contributed by atoms with Gasteiger partial charge in [0.25, 0.3) is 5.56 Å². The molecule has 1 aliphatic rings. The number of esters is 1. The molecule has 0 aliphatic carbocycles. The smallest absolute Gasteiger partial charge is 0.338 e. The molecule has 198 valence electrons. The minimum atomic E-state index is -0.768. The number of nitrogens with zero attached hydrogens (tertiary/aromatic N) is 2. The Morgan fingerprint density at radius 2 is 1.85 bits per heavy atom. The molecular formula is C30H25BrN2O5S. The van der Waals surface area contributed by atoms with Crippen LogP contribution in [0.2, 0.25) is 0 Å². The fourth-order valence-corrected chi connectivity index (χ4v) is 6.05. The number of methoxy groups -OCH3 is 2. The molecule has 0 bridgehead atoms. The van der Waals surface area contributed by atoms with Crippen LogP contribution in [0.5, 0.6) is 11.5 Å². The highest BCUT2D eigenvalue weighted by Crippen LogP contribution is 2.36. The lowest BCUT2D eigenvalue weighted by molar-refractivity contribution is -0.138. The van der Waals surface area contributed by atoms with Crippen LogP contribution in [0.3, 0.4) is 0 Å². The quantitative estimate of drug-likeness (QED) is 0.285. The number of ether oxygens (including phenoxy) is 3. The Kier molecular flexibility index (Phi) is 7.81. The Bertz CT molecular complexity index is 1760. The van der Waals surface area contributed by atoms with E-state index in [2.05, 4.69) is 15.9 Å². The molecule has 0 saturated heterocycles. The lowest BCUT2D eigenvalue weighted by atomic mass is 9.93. The molecule has 0 saturated carbocycles. The summed E-state index contributed by atoms with van der Waals surface area (Å²) in [4.78, 5) is 32.9. The molecule has 7 nitrogen and oxygen atoms in total. The highest BCUT2D eigenvalue weighted by molar-refractivity contribution is 9.10.